The second-order valence-corrected chi connectivity index (χ2v) is 9.95. The second-order valence-electron chi connectivity index (χ2n) is 9.95. The van der Waals surface area contributed by atoms with Gasteiger partial charge in [-0.15, -0.1) is 0 Å². The molecule has 162 valence electrons. The van der Waals surface area contributed by atoms with Crippen LogP contribution in [-0.4, -0.2) is 43.5 Å². The summed E-state index contributed by atoms with van der Waals surface area (Å²) < 4.78 is 0. The number of anilines is 2. The molecule has 0 aromatic heterocycles. The van der Waals surface area contributed by atoms with E-state index in [9.17, 15) is 9.59 Å². The van der Waals surface area contributed by atoms with Gasteiger partial charge in [-0.2, -0.15) is 0 Å². The maximum absolute atomic E-state index is 13.0. The molecule has 3 amide bonds. The Morgan fingerprint density at radius 1 is 1.17 bits per heavy atom. The number of carbonyl (C=O) groups is 2. The highest BCUT2D eigenvalue weighted by Crippen LogP contribution is 2.32. The molecule has 0 aliphatic heterocycles. The summed E-state index contributed by atoms with van der Waals surface area (Å²) in [5, 5.41) is 5.74. The van der Waals surface area contributed by atoms with Crippen molar-refractivity contribution in [3.63, 3.8) is 0 Å². The minimum Gasteiger partial charge on any atom is -0.377 e. The van der Waals surface area contributed by atoms with E-state index in [0.717, 1.165) is 23.5 Å². The summed E-state index contributed by atoms with van der Waals surface area (Å²) in [6.07, 6.45) is 2.94. The Morgan fingerprint density at radius 2 is 1.83 bits per heavy atom. The molecule has 0 radical (unpaired) electrons. The van der Waals surface area contributed by atoms with Crippen molar-refractivity contribution in [1.29, 1.82) is 0 Å². The molecule has 0 atom stereocenters. The number of nitrogens with one attached hydrogen (secondary N) is 2. The van der Waals surface area contributed by atoms with Crippen LogP contribution in [0.4, 0.5) is 16.2 Å². The Labute approximate surface area is 176 Å². The fourth-order valence-corrected chi connectivity index (χ4v) is 3.29. The molecular formula is C23H38N4O2. The first-order chi connectivity index (χ1) is 13.4. The molecule has 2 rings (SSSR count). The highest BCUT2D eigenvalue weighted by Gasteiger charge is 2.29. The normalized spacial score (nSPS) is 13.9. The number of amides is 3. The van der Waals surface area contributed by atoms with Gasteiger partial charge in [0.25, 0.3) is 0 Å². The van der Waals surface area contributed by atoms with E-state index in [2.05, 4.69) is 36.3 Å². The highest BCUT2D eigenvalue weighted by molar-refractivity contribution is 5.90. The van der Waals surface area contributed by atoms with Crippen LogP contribution in [0.15, 0.2) is 18.2 Å². The highest BCUT2D eigenvalue weighted by atomic mass is 16.2. The third-order valence-electron chi connectivity index (χ3n) is 4.81. The lowest BCUT2D eigenvalue weighted by Crippen LogP contribution is -2.35. The van der Waals surface area contributed by atoms with Crippen molar-refractivity contribution in [2.45, 2.75) is 66.5 Å². The summed E-state index contributed by atoms with van der Waals surface area (Å²) in [5.74, 6) is 0.824. The summed E-state index contributed by atoms with van der Waals surface area (Å²) in [5.41, 5.74) is 2.80. The van der Waals surface area contributed by atoms with Gasteiger partial charge in [-0.1, -0.05) is 20.8 Å². The predicted octanol–water partition coefficient (Wildman–Crippen LogP) is 4.46. The van der Waals surface area contributed by atoms with E-state index < -0.39 is 0 Å². The summed E-state index contributed by atoms with van der Waals surface area (Å²) in [7, 11) is 4.00. The summed E-state index contributed by atoms with van der Waals surface area (Å²) in [6.45, 7) is 11.5. The SMILES string of the molecule is CC(C)NC(=O)Nc1ccc(N(C)C)c(CN(CC2CC2)C(=O)CC(C)(C)C)c1. The lowest BCUT2D eigenvalue weighted by atomic mass is 9.91. The predicted molar refractivity (Wildman–Crippen MR) is 120 cm³/mol. The Hall–Kier alpha value is -2.24. The number of benzene rings is 1. The number of carbonyl (C=O) groups excluding carboxylic acids is 2. The fourth-order valence-electron chi connectivity index (χ4n) is 3.29. The third kappa shape index (κ3) is 7.95. The molecule has 0 bridgehead atoms. The van der Waals surface area contributed by atoms with Gasteiger partial charge in [0, 0.05) is 51.0 Å². The smallest absolute Gasteiger partial charge is 0.319 e. The Bertz CT molecular complexity index is 718. The molecule has 2 N–H and O–H groups in total. The largest absolute Gasteiger partial charge is 0.377 e. The molecule has 0 spiro atoms. The summed E-state index contributed by atoms with van der Waals surface area (Å²) in [6, 6.07) is 5.74. The van der Waals surface area contributed by atoms with Crippen molar-refractivity contribution in [2.75, 3.05) is 30.9 Å². The van der Waals surface area contributed by atoms with Gasteiger partial charge in [0.2, 0.25) is 5.91 Å². The van der Waals surface area contributed by atoms with Gasteiger partial charge in [-0.05, 0) is 61.8 Å². The molecule has 29 heavy (non-hydrogen) atoms. The van der Waals surface area contributed by atoms with Crippen LogP contribution >= 0.6 is 0 Å². The van der Waals surface area contributed by atoms with Gasteiger partial charge < -0.3 is 20.4 Å². The van der Waals surface area contributed by atoms with Crippen molar-refractivity contribution >= 4 is 23.3 Å². The van der Waals surface area contributed by atoms with Gasteiger partial charge in [0.15, 0.2) is 0 Å². The van der Waals surface area contributed by atoms with Crippen molar-refractivity contribution in [3.8, 4) is 0 Å². The van der Waals surface area contributed by atoms with Crippen LogP contribution < -0.4 is 15.5 Å². The number of nitrogens with zero attached hydrogens (tertiary/aromatic N) is 2. The molecule has 1 aromatic carbocycles. The minimum atomic E-state index is -0.220. The number of urea groups is 1. The topological polar surface area (TPSA) is 64.7 Å². The van der Waals surface area contributed by atoms with Crippen molar-refractivity contribution in [2.24, 2.45) is 11.3 Å². The standard InChI is InChI=1S/C23H38N4O2/c1-16(2)24-22(29)25-19-10-11-20(26(6)7)18(12-19)15-27(14-17-8-9-17)21(28)13-23(3,4)5/h10-12,16-17H,8-9,13-15H2,1-7H3,(H2,24,25,29). The number of rotatable bonds is 8. The second kappa shape index (κ2) is 9.51. The maximum atomic E-state index is 13.0. The van der Waals surface area contributed by atoms with Gasteiger partial charge in [0.1, 0.15) is 0 Å². The van der Waals surface area contributed by atoms with E-state index in [1.807, 2.05) is 51.0 Å². The minimum absolute atomic E-state index is 0.0401. The van der Waals surface area contributed by atoms with Crippen LogP contribution in [0.1, 0.15) is 59.4 Å². The van der Waals surface area contributed by atoms with Crippen LogP contribution in [0.25, 0.3) is 0 Å². The molecule has 1 saturated carbocycles. The zero-order valence-electron chi connectivity index (χ0n) is 19.1. The molecule has 6 heteroatoms. The molecule has 0 unspecified atom stereocenters. The summed E-state index contributed by atoms with van der Waals surface area (Å²) in [4.78, 5) is 29.2. The van der Waals surface area contributed by atoms with Gasteiger partial charge in [-0.25, -0.2) is 4.79 Å². The number of hydrogen-bond acceptors (Lipinski definition) is 3. The van der Waals surface area contributed by atoms with Gasteiger partial charge in [-0.3, -0.25) is 4.79 Å². The maximum Gasteiger partial charge on any atom is 0.319 e. The Balaban J connectivity index is 2.23. The first-order valence-corrected chi connectivity index (χ1v) is 10.6. The lowest BCUT2D eigenvalue weighted by molar-refractivity contribution is -0.134. The molecule has 1 aliphatic carbocycles. The molecule has 1 aromatic rings. The van der Waals surface area contributed by atoms with E-state index in [4.69, 9.17) is 0 Å². The molecule has 0 saturated heterocycles. The third-order valence-corrected chi connectivity index (χ3v) is 4.81. The quantitative estimate of drug-likeness (QED) is 0.675. The van der Waals surface area contributed by atoms with Crippen LogP contribution in [0, 0.1) is 11.3 Å². The van der Waals surface area contributed by atoms with E-state index in [-0.39, 0.29) is 23.4 Å². The van der Waals surface area contributed by atoms with Crippen molar-refractivity contribution < 1.29 is 9.59 Å². The van der Waals surface area contributed by atoms with E-state index in [0.29, 0.717) is 18.9 Å². The lowest BCUT2D eigenvalue weighted by Gasteiger charge is -2.29. The first kappa shape index (κ1) is 23.0. The van der Waals surface area contributed by atoms with E-state index >= 15 is 0 Å². The van der Waals surface area contributed by atoms with E-state index in [1.54, 1.807) is 0 Å². The van der Waals surface area contributed by atoms with Crippen LogP contribution in [0.5, 0.6) is 0 Å². The van der Waals surface area contributed by atoms with Crippen LogP contribution in [0.3, 0.4) is 0 Å². The monoisotopic (exact) mass is 402 g/mol. The molecule has 0 heterocycles. The molecule has 6 nitrogen and oxygen atoms in total. The molecule has 1 aliphatic rings. The van der Waals surface area contributed by atoms with Gasteiger partial charge >= 0.3 is 6.03 Å². The fraction of sp³-hybridized carbons (Fsp3) is 0.652. The average Bonchev–Trinajstić information content (AvgIpc) is 3.35. The molecular weight excluding hydrogens is 364 g/mol. The van der Waals surface area contributed by atoms with Crippen molar-refractivity contribution in [3.05, 3.63) is 23.8 Å². The van der Waals surface area contributed by atoms with Crippen molar-refractivity contribution in [1.82, 2.24) is 10.2 Å². The van der Waals surface area contributed by atoms with E-state index in [1.165, 1.54) is 12.8 Å². The van der Waals surface area contributed by atoms with Gasteiger partial charge in [0.05, 0.1) is 0 Å². The Kier molecular flexibility index (Phi) is 7.55. The Morgan fingerprint density at radius 3 is 2.34 bits per heavy atom. The zero-order chi connectivity index (χ0) is 21.8. The average molecular weight is 403 g/mol. The zero-order valence-corrected chi connectivity index (χ0v) is 19.1. The van der Waals surface area contributed by atoms with Crippen LogP contribution in [0.2, 0.25) is 0 Å². The molecule has 1 fully saturated rings. The first-order valence-electron chi connectivity index (χ1n) is 10.6. The van der Waals surface area contributed by atoms with Crippen LogP contribution in [-0.2, 0) is 11.3 Å². The summed E-state index contributed by atoms with van der Waals surface area (Å²) >= 11 is 0. The number of hydrogen-bond donors (Lipinski definition) is 2.